The van der Waals surface area contributed by atoms with Crippen molar-refractivity contribution in [2.45, 2.75) is 20.3 Å². The molecular formula is C21H23ClN4O. The number of benzene rings is 2. The highest BCUT2D eigenvalue weighted by atomic mass is 35.5. The molecule has 0 saturated carbocycles. The Bertz CT molecular complexity index is 930. The van der Waals surface area contributed by atoms with Crippen LogP contribution in [0.2, 0.25) is 5.02 Å². The fraction of sp³-hybridized carbons (Fsp3) is 0.238. The van der Waals surface area contributed by atoms with Crippen LogP contribution >= 0.6 is 11.6 Å². The molecule has 3 rings (SSSR count). The van der Waals surface area contributed by atoms with Crippen molar-refractivity contribution in [1.29, 1.82) is 0 Å². The lowest BCUT2D eigenvalue weighted by atomic mass is 10.1. The maximum Gasteiger partial charge on any atom is 0.229 e. The van der Waals surface area contributed by atoms with E-state index in [1.165, 1.54) is 5.56 Å². The summed E-state index contributed by atoms with van der Waals surface area (Å²) in [5.41, 5.74) is 3.99. The van der Waals surface area contributed by atoms with Crippen molar-refractivity contribution in [3.63, 3.8) is 0 Å². The molecule has 2 aromatic carbocycles. The second-order valence-electron chi connectivity index (χ2n) is 6.34. The summed E-state index contributed by atoms with van der Waals surface area (Å²) in [5, 5.41) is 7.29. The Morgan fingerprint density at radius 2 is 1.89 bits per heavy atom. The van der Waals surface area contributed by atoms with Crippen LogP contribution in [-0.2, 0) is 6.42 Å². The van der Waals surface area contributed by atoms with Crippen LogP contribution in [0.25, 0.3) is 0 Å². The molecule has 6 heteroatoms. The summed E-state index contributed by atoms with van der Waals surface area (Å²) in [5.74, 6) is 2.19. The van der Waals surface area contributed by atoms with Crippen LogP contribution in [0.3, 0.4) is 0 Å². The molecule has 5 nitrogen and oxygen atoms in total. The first-order valence-electron chi connectivity index (χ1n) is 8.79. The molecule has 0 radical (unpaired) electrons. The van der Waals surface area contributed by atoms with E-state index in [9.17, 15) is 0 Å². The average molecular weight is 383 g/mol. The van der Waals surface area contributed by atoms with Crippen molar-refractivity contribution < 1.29 is 4.74 Å². The number of ether oxygens (including phenoxy) is 1. The molecule has 0 amide bonds. The summed E-state index contributed by atoms with van der Waals surface area (Å²) in [6.45, 7) is 4.68. The van der Waals surface area contributed by atoms with Gasteiger partial charge in [0.2, 0.25) is 5.95 Å². The van der Waals surface area contributed by atoms with E-state index in [-0.39, 0.29) is 0 Å². The maximum absolute atomic E-state index is 6.19. The first-order valence-corrected chi connectivity index (χ1v) is 9.17. The summed E-state index contributed by atoms with van der Waals surface area (Å²) in [6, 6.07) is 15.8. The Labute approximate surface area is 164 Å². The lowest BCUT2D eigenvalue weighted by Crippen LogP contribution is -2.08. The van der Waals surface area contributed by atoms with Gasteiger partial charge in [0.15, 0.2) is 0 Å². The molecular weight excluding hydrogens is 360 g/mol. The molecule has 0 aliphatic carbocycles. The third kappa shape index (κ3) is 5.34. The summed E-state index contributed by atoms with van der Waals surface area (Å²) in [4.78, 5) is 8.99. The van der Waals surface area contributed by atoms with Gasteiger partial charge in [0, 0.05) is 29.0 Å². The van der Waals surface area contributed by atoms with Crippen LogP contribution in [0, 0.1) is 13.8 Å². The Morgan fingerprint density at radius 1 is 1.04 bits per heavy atom. The largest absolute Gasteiger partial charge is 0.497 e. The molecule has 0 unspecified atom stereocenters. The Balaban J connectivity index is 1.64. The minimum Gasteiger partial charge on any atom is -0.497 e. The third-order valence-corrected chi connectivity index (χ3v) is 4.54. The van der Waals surface area contributed by atoms with Gasteiger partial charge in [-0.25, -0.2) is 4.98 Å². The van der Waals surface area contributed by atoms with Gasteiger partial charge in [-0.2, -0.15) is 4.98 Å². The van der Waals surface area contributed by atoms with Gasteiger partial charge in [-0.15, -0.1) is 0 Å². The highest BCUT2D eigenvalue weighted by Crippen LogP contribution is 2.22. The zero-order valence-corrected chi connectivity index (χ0v) is 16.5. The van der Waals surface area contributed by atoms with Crippen molar-refractivity contribution in [3.8, 4) is 5.75 Å². The molecule has 0 aliphatic rings. The smallest absolute Gasteiger partial charge is 0.229 e. The van der Waals surface area contributed by atoms with Crippen LogP contribution in [0.5, 0.6) is 5.75 Å². The molecule has 0 fully saturated rings. The Kier molecular flexibility index (Phi) is 6.14. The number of halogens is 1. The second kappa shape index (κ2) is 8.73. The summed E-state index contributed by atoms with van der Waals surface area (Å²) in [7, 11) is 1.68. The normalized spacial score (nSPS) is 10.5. The summed E-state index contributed by atoms with van der Waals surface area (Å²) in [6.07, 6.45) is 0.872. The predicted molar refractivity (Wildman–Crippen MR) is 111 cm³/mol. The van der Waals surface area contributed by atoms with Gasteiger partial charge in [-0.1, -0.05) is 29.8 Å². The van der Waals surface area contributed by atoms with E-state index in [0.29, 0.717) is 11.0 Å². The van der Waals surface area contributed by atoms with Gasteiger partial charge in [0.05, 0.1) is 7.11 Å². The standard InChI is InChI=1S/C21H23ClN4O/c1-14-7-8-17(13-19(14)22)25-21-24-15(2)11-20(26-21)23-10-9-16-5-4-6-18(12-16)27-3/h4-8,11-13H,9-10H2,1-3H3,(H2,23,24,25,26). The number of hydrogen-bond acceptors (Lipinski definition) is 5. The zero-order valence-electron chi connectivity index (χ0n) is 15.7. The number of nitrogens with zero attached hydrogens (tertiary/aromatic N) is 2. The predicted octanol–water partition coefficient (Wildman–Crippen LogP) is 5.15. The fourth-order valence-corrected chi connectivity index (χ4v) is 2.86. The molecule has 1 aromatic heterocycles. The molecule has 0 aliphatic heterocycles. The number of aryl methyl sites for hydroxylation is 2. The van der Waals surface area contributed by atoms with E-state index >= 15 is 0 Å². The number of nitrogens with one attached hydrogen (secondary N) is 2. The van der Waals surface area contributed by atoms with Gasteiger partial charge < -0.3 is 15.4 Å². The summed E-state index contributed by atoms with van der Waals surface area (Å²) < 4.78 is 5.26. The third-order valence-electron chi connectivity index (χ3n) is 4.14. The molecule has 2 N–H and O–H groups in total. The van der Waals surface area contributed by atoms with Crippen LogP contribution in [0.4, 0.5) is 17.5 Å². The lowest BCUT2D eigenvalue weighted by molar-refractivity contribution is 0.414. The van der Waals surface area contributed by atoms with Crippen molar-refractivity contribution >= 4 is 29.1 Å². The minimum atomic E-state index is 0.541. The molecule has 27 heavy (non-hydrogen) atoms. The summed E-state index contributed by atoms with van der Waals surface area (Å²) >= 11 is 6.19. The number of hydrogen-bond donors (Lipinski definition) is 2. The topological polar surface area (TPSA) is 59.1 Å². The number of rotatable bonds is 7. The fourth-order valence-electron chi connectivity index (χ4n) is 2.68. The monoisotopic (exact) mass is 382 g/mol. The molecule has 0 spiro atoms. The molecule has 3 aromatic rings. The van der Waals surface area contributed by atoms with Crippen molar-refractivity contribution in [3.05, 3.63) is 70.4 Å². The van der Waals surface area contributed by atoms with E-state index in [1.807, 2.05) is 56.3 Å². The molecule has 0 atom stereocenters. The molecule has 0 saturated heterocycles. The average Bonchev–Trinajstić information content (AvgIpc) is 2.64. The van der Waals surface area contributed by atoms with Crippen LogP contribution in [0.15, 0.2) is 48.5 Å². The van der Waals surface area contributed by atoms with E-state index < -0.39 is 0 Å². The van der Waals surface area contributed by atoms with Gasteiger partial charge in [-0.3, -0.25) is 0 Å². The first kappa shape index (κ1) is 19.0. The quantitative estimate of drug-likeness (QED) is 0.591. The van der Waals surface area contributed by atoms with Crippen molar-refractivity contribution in [1.82, 2.24) is 9.97 Å². The SMILES string of the molecule is COc1cccc(CCNc2cc(C)nc(Nc3ccc(C)c(Cl)c3)n2)c1. The van der Waals surface area contributed by atoms with Crippen molar-refractivity contribution in [2.75, 3.05) is 24.3 Å². The van der Waals surface area contributed by atoms with Crippen molar-refractivity contribution in [2.24, 2.45) is 0 Å². The number of aromatic nitrogens is 2. The van der Waals surface area contributed by atoms with E-state index in [2.05, 4.69) is 26.7 Å². The second-order valence-corrected chi connectivity index (χ2v) is 6.74. The zero-order chi connectivity index (χ0) is 19.2. The number of anilines is 3. The maximum atomic E-state index is 6.19. The minimum absolute atomic E-state index is 0.541. The van der Waals surface area contributed by atoms with Gasteiger partial charge >= 0.3 is 0 Å². The first-order chi connectivity index (χ1) is 13.0. The van der Waals surface area contributed by atoms with Crippen LogP contribution in [-0.4, -0.2) is 23.6 Å². The van der Waals surface area contributed by atoms with Gasteiger partial charge in [0.1, 0.15) is 11.6 Å². The molecule has 1 heterocycles. The number of methoxy groups -OCH3 is 1. The van der Waals surface area contributed by atoms with Crippen LogP contribution < -0.4 is 15.4 Å². The van der Waals surface area contributed by atoms with E-state index in [0.717, 1.165) is 41.5 Å². The van der Waals surface area contributed by atoms with Gasteiger partial charge in [0.25, 0.3) is 0 Å². The molecule has 140 valence electrons. The molecule has 0 bridgehead atoms. The lowest BCUT2D eigenvalue weighted by Gasteiger charge is -2.11. The van der Waals surface area contributed by atoms with Gasteiger partial charge in [-0.05, 0) is 55.7 Å². The Morgan fingerprint density at radius 3 is 2.67 bits per heavy atom. The highest BCUT2D eigenvalue weighted by Gasteiger charge is 2.05. The van der Waals surface area contributed by atoms with Crippen LogP contribution in [0.1, 0.15) is 16.8 Å². The van der Waals surface area contributed by atoms with E-state index in [4.69, 9.17) is 16.3 Å². The van der Waals surface area contributed by atoms with E-state index in [1.54, 1.807) is 7.11 Å². The highest BCUT2D eigenvalue weighted by molar-refractivity contribution is 6.31. The Hall–Kier alpha value is -2.79.